The molecule has 0 radical (unpaired) electrons. The van der Waals surface area contributed by atoms with Crippen molar-refractivity contribution in [1.82, 2.24) is 25.0 Å². The van der Waals surface area contributed by atoms with Gasteiger partial charge in [0.05, 0.1) is 0 Å². The van der Waals surface area contributed by atoms with Crippen LogP contribution in [-0.4, -0.2) is 105 Å². The maximum absolute atomic E-state index is 15.7. The van der Waals surface area contributed by atoms with Gasteiger partial charge in [-0.1, -0.05) is 12.2 Å². The molecule has 2 aliphatic rings. The third-order valence-corrected chi connectivity index (χ3v) is 8.61. The van der Waals surface area contributed by atoms with Gasteiger partial charge in [-0.05, 0) is 137 Å². The van der Waals surface area contributed by atoms with Crippen molar-refractivity contribution in [2.24, 2.45) is 17.0 Å². The summed E-state index contributed by atoms with van der Waals surface area (Å²) >= 11 is 0. The number of rotatable bonds is 4. The summed E-state index contributed by atoms with van der Waals surface area (Å²) in [5.74, 6) is -1.06. The van der Waals surface area contributed by atoms with Gasteiger partial charge >= 0.3 is 24.4 Å². The Labute approximate surface area is 362 Å². The van der Waals surface area contributed by atoms with Crippen molar-refractivity contribution in [2.75, 3.05) is 31.5 Å². The SMILES string of the molecule is Cn1cc(C2=CCN(/C(=N\C(=O)OC(C)(C)C)NC(=O)OC(C)(C)C)CC2)cc1C(=O)Nc1ccc(C2=CCN(/C(=N\C(=O)OC(C)(C)C)NC(=O)OC(C)(C)C)CC2)c(F)c1. The lowest BCUT2D eigenvalue weighted by Crippen LogP contribution is -2.48. The number of nitrogens with one attached hydrogen (secondary N) is 3. The maximum Gasteiger partial charge on any atom is 0.437 e. The van der Waals surface area contributed by atoms with Gasteiger partial charge in [-0.25, -0.2) is 23.6 Å². The van der Waals surface area contributed by atoms with Crippen molar-refractivity contribution >= 4 is 59.0 Å². The summed E-state index contributed by atoms with van der Waals surface area (Å²) < 4.78 is 38.8. The summed E-state index contributed by atoms with van der Waals surface area (Å²) in [6.07, 6.45) is 3.04. The zero-order valence-electron chi connectivity index (χ0n) is 38.1. The van der Waals surface area contributed by atoms with Gasteiger partial charge in [-0.15, -0.1) is 9.98 Å². The Balaban J connectivity index is 1.44. The van der Waals surface area contributed by atoms with Crippen molar-refractivity contribution in [2.45, 2.75) is 118 Å². The first-order valence-electron chi connectivity index (χ1n) is 20.3. The van der Waals surface area contributed by atoms with E-state index in [9.17, 15) is 24.0 Å². The number of carbonyl (C=O) groups excluding carboxylic acids is 5. The first-order valence-corrected chi connectivity index (χ1v) is 20.3. The second kappa shape index (κ2) is 19.2. The number of amides is 5. The molecular weight excluding hydrogens is 804 g/mol. The minimum absolute atomic E-state index is 0.0107. The topological polar surface area (TPSA) is 194 Å². The molecule has 0 saturated heterocycles. The number of aromatic nitrogens is 1. The van der Waals surface area contributed by atoms with E-state index in [4.69, 9.17) is 18.9 Å². The van der Waals surface area contributed by atoms with Gasteiger partial charge in [-0.2, -0.15) is 0 Å². The Kier molecular flexibility index (Phi) is 15.0. The number of hydrogen-bond donors (Lipinski definition) is 3. The number of carbonyl (C=O) groups is 5. The first-order chi connectivity index (χ1) is 28.5. The lowest BCUT2D eigenvalue weighted by atomic mass is 9.98. The van der Waals surface area contributed by atoms with E-state index < -0.39 is 58.5 Å². The van der Waals surface area contributed by atoms with Crippen LogP contribution in [0.5, 0.6) is 0 Å². The molecule has 4 rings (SSSR count). The molecule has 338 valence electrons. The standard InChI is InChI=1S/C44H61FN8O9/c1-41(2,3)59-37(55)47-35(48-38(56)60-42(4,5)6)52-20-16-27(17-21-52)29-24-33(51(13)26-29)34(54)46-30-14-15-31(32(45)25-30)28-18-22-53(23-19-28)36(49-39(57)61-43(7,8)9)50-40(58)62-44(10,11)12/h14-16,18,24-26H,17,19-23H2,1-13H3,(H,46,54)(H,47,48,55,56)(H,49,50,57,58). The van der Waals surface area contributed by atoms with E-state index in [1.807, 2.05) is 12.3 Å². The number of halogens is 1. The third-order valence-electron chi connectivity index (χ3n) is 8.61. The molecular formula is C44H61FN8O9. The lowest BCUT2D eigenvalue weighted by molar-refractivity contribution is 0.0536. The van der Waals surface area contributed by atoms with Crippen LogP contribution in [0.2, 0.25) is 0 Å². The number of hydrogen-bond acceptors (Lipinski definition) is 9. The quantitative estimate of drug-likeness (QED) is 0.152. The van der Waals surface area contributed by atoms with Crippen molar-refractivity contribution in [3.63, 3.8) is 0 Å². The van der Waals surface area contributed by atoms with Crippen molar-refractivity contribution in [1.29, 1.82) is 0 Å². The van der Waals surface area contributed by atoms with Crippen LogP contribution in [-0.2, 0) is 26.0 Å². The number of guanidine groups is 2. The molecule has 0 saturated carbocycles. The molecule has 0 bridgehead atoms. The molecule has 0 unspecified atom stereocenters. The molecule has 1 aromatic carbocycles. The number of nitrogens with zero attached hydrogens (tertiary/aromatic N) is 5. The van der Waals surface area contributed by atoms with Crippen LogP contribution in [0, 0.1) is 5.82 Å². The molecule has 2 aromatic rings. The molecule has 0 aliphatic carbocycles. The molecule has 18 heteroatoms. The summed E-state index contributed by atoms with van der Waals surface area (Å²) in [6, 6.07) is 6.21. The van der Waals surface area contributed by atoms with Gasteiger partial charge in [0.1, 0.15) is 33.9 Å². The number of anilines is 1. The zero-order valence-corrected chi connectivity index (χ0v) is 38.1. The predicted octanol–water partition coefficient (Wildman–Crippen LogP) is 8.23. The summed E-state index contributed by atoms with van der Waals surface area (Å²) in [7, 11) is 1.74. The van der Waals surface area contributed by atoms with E-state index in [0.717, 1.165) is 11.1 Å². The molecule has 0 atom stereocenters. The Hall–Kier alpha value is -6.20. The molecule has 3 heterocycles. The molecule has 0 fully saturated rings. The largest absolute Gasteiger partial charge is 0.444 e. The highest BCUT2D eigenvalue weighted by atomic mass is 19.1. The highest BCUT2D eigenvalue weighted by Gasteiger charge is 2.28. The summed E-state index contributed by atoms with van der Waals surface area (Å²) in [6.45, 7) is 21.7. The Morgan fingerprint density at radius 2 is 1.10 bits per heavy atom. The van der Waals surface area contributed by atoms with Crippen molar-refractivity contribution in [3.8, 4) is 0 Å². The van der Waals surface area contributed by atoms with E-state index in [0.29, 0.717) is 36.2 Å². The number of alkyl carbamates (subject to hydrolysis) is 2. The van der Waals surface area contributed by atoms with E-state index in [1.54, 1.807) is 129 Å². The second-order valence-electron chi connectivity index (χ2n) is 18.8. The van der Waals surface area contributed by atoms with Gasteiger partial charge in [0.25, 0.3) is 5.91 Å². The fourth-order valence-corrected chi connectivity index (χ4v) is 6.13. The van der Waals surface area contributed by atoms with Crippen molar-refractivity contribution in [3.05, 3.63) is 65.3 Å². The van der Waals surface area contributed by atoms with E-state index >= 15 is 4.39 Å². The van der Waals surface area contributed by atoms with Crippen LogP contribution in [0.25, 0.3) is 11.1 Å². The Bertz CT molecular complexity index is 2160. The van der Waals surface area contributed by atoms with Crippen LogP contribution in [0.4, 0.5) is 29.3 Å². The molecule has 3 N–H and O–H groups in total. The highest BCUT2D eigenvalue weighted by molar-refractivity contribution is 6.04. The van der Waals surface area contributed by atoms with E-state index in [1.165, 1.54) is 6.07 Å². The van der Waals surface area contributed by atoms with Crippen LogP contribution >= 0.6 is 0 Å². The predicted molar refractivity (Wildman–Crippen MR) is 234 cm³/mol. The Morgan fingerprint density at radius 3 is 1.50 bits per heavy atom. The first kappa shape index (κ1) is 48.5. The number of aryl methyl sites for hydroxylation is 1. The van der Waals surface area contributed by atoms with E-state index in [2.05, 4.69) is 25.9 Å². The van der Waals surface area contributed by atoms with Gasteiger partial charge in [0.2, 0.25) is 11.9 Å². The number of aliphatic imine (C=N–C) groups is 2. The van der Waals surface area contributed by atoms with Crippen LogP contribution < -0.4 is 16.0 Å². The van der Waals surface area contributed by atoms with Gasteiger partial charge in [0.15, 0.2) is 0 Å². The average molecular weight is 865 g/mol. The minimum atomic E-state index is -0.889. The fraction of sp³-hybridized carbons (Fsp3) is 0.523. The van der Waals surface area contributed by atoms with Crippen LogP contribution in [0.15, 0.2) is 52.6 Å². The zero-order chi connectivity index (χ0) is 46.4. The average Bonchev–Trinajstić information content (AvgIpc) is 3.49. The highest BCUT2D eigenvalue weighted by Crippen LogP contribution is 2.29. The second-order valence-corrected chi connectivity index (χ2v) is 18.8. The lowest BCUT2D eigenvalue weighted by Gasteiger charge is -2.30. The molecule has 17 nitrogen and oxygen atoms in total. The summed E-state index contributed by atoms with van der Waals surface area (Å²) in [4.78, 5) is 75.4. The van der Waals surface area contributed by atoms with Gasteiger partial charge in [-0.3, -0.25) is 15.4 Å². The summed E-state index contributed by atoms with van der Waals surface area (Å²) in [5.41, 5.74) is 0.189. The van der Waals surface area contributed by atoms with Crippen LogP contribution in [0.3, 0.4) is 0 Å². The van der Waals surface area contributed by atoms with Crippen molar-refractivity contribution < 1.29 is 47.3 Å². The number of ether oxygens (including phenoxy) is 4. The minimum Gasteiger partial charge on any atom is -0.444 e. The smallest absolute Gasteiger partial charge is 0.437 e. The van der Waals surface area contributed by atoms with Gasteiger partial charge in [0, 0.05) is 50.7 Å². The normalized spacial score (nSPS) is 15.5. The maximum atomic E-state index is 15.7. The molecule has 62 heavy (non-hydrogen) atoms. The molecule has 2 aliphatic heterocycles. The Morgan fingerprint density at radius 1 is 0.645 bits per heavy atom. The molecule has 1 aromatic heterocycles. The monoisotopic (exact) mass is 864 g/mol. The van der Waals surface area contributed by atoms with Crippen LogP contribution in [0.1, 0.15) is 118 Å². The number of benzene rings is 1. The van der Waals surface area contributed by atoms with E-state index in [-0.39, 0.29) is 37.2 Å². The molecule has 5 amide bonds. The third kappa shape index (κ3) is 15.4. The fourth-order valence-electron chi connectivity index (χ4n) is 6.13. The summed E-state index contributed by atoms with van der Waals surface area (Å²) in [5, 5.41) is 7.92. The molecule has 0 spiro atoms. The van der Waals surface area contributed by atoms with Gasteiger partial charge < -0.3 is 38.6 Å².